The van der Waals surface area contributed by atoms with E-state index in [0.29, 0.717) is 19.8 Å². The van der Waals surface area contributed by atoms with Gasteiger partial charge in [0, 0.05) is 31.6 Å². The predicted octanol–water partition coefficient (Wildman–Crippen LogP) is 2.78. The number of piperazine rings is 1. The van der Waals surface area contributed by atoms with Gasteiger partial charge in [-0.2, -0.15) is 0 Å². The third-order valence-corrected chi connectivity index (χ3v) is 7.22. The van der Waals surface area contributed by atoms with E-state index in [1.54, 1.807) is 9.80 Å². The molecule has 0 spiro atoms. The summed E-state index contributed by atoms with van der Waals surface area (Å²) in [5.74, 6) is -0.0272. The molecule has 6 heteroatoms. The quantitative estimate of drug-likeness (QED) is 0.717. The van der Waals surface area contributed by atoms with E-state index in [0.717, 1.165) is 29.5 Å². The molecule has 3 saturated heterocycles. The molecule has 0 saturated carbocycles. The first-order valence-electron chi connectivity index (χ1n) is 11.8. The van der Waals surface area contributed by atoms with Gasteiger partial charge in [0.05, 0.1) is 25.2 Å². The van der Waals surface area contributed by atoms with Crippen LogP contribution in [0.15, 0.2) is 54.6 Å². The van der Waals surface area contributed by atoms with Crippen LogP contribution in [0, 0.1) is 5.92 Å². The number of rotatable bonds is 5. The van der Waals surface area contributed by atoms with E-state index in [1.165, 1.54) is 0 Å². The van der Waals surface area contributed by atoms with Crippen molar-refractivity contribution in [3.8, 4) is 0 Å². The highest BCUT2D eigenvalue weighted by molar-refractivity contribution is 5.88. The summed E-state index contributed by atoms with van der Waals surface area (Å²) in [6.45, 7) is 1.77. The lowest BCUT2D eigenvalue weighted by atomic mass is 9.73. The Hall–Kier alpha value is -2.96. The first-order chi connectivity index (χ1) is 16.2. The van der Waals surface area contributed by atoms with Crippen molar-refractivity contribution < 1.29 is 19.4 Å². The molecule has 3 aliphatic rings. The van der Waals surface area contributed by atoms with Gasteiger partial charge < -0.3 is 19.6 Å². The average molecular weight is 447 g/mol. The minimum absolute atomic E-state index is 0.0244. The molecule has 2 aromatic carbocycles. The smallest absolute Gasteiger partial charge is 0.242 e. The van der Waals surface area contributed by atoms with E-state index >= 15 is 0 Å². The molecular weight excluding hydrogens is 416 g/mol. The molecule has 0 aromatic heterocycles. The summed E-state index contributed by atoms with van der Waals surface area (Å²) in [5, 5.41) is 10.0. The molecule has 3 fully saturated rings. The molecule has 5 rings (SSSR count). The number of aliphatic hydroxyl groups is 1. The van der Waals surface area contributed by atoms with E-state index < -0.39 is 0 Å². The fraction of sp³-hybridized carbons (Fsp3) is 0.407. The van der Waals surface area contributed by atoms with E-state index in [4.69, 9.17) is 4.74 Å². The number of benzene rings is 2. The molecule has 0 radical (unpaired) electrons. The minimum Gasteiger partial charge on any atom is -0.394 e. The Labute approximate surface area is 194 Å². The van der Waals surface area contributed by atoms with Crippen LogP contribution in [-0.2, 0) is 14.3 Å². The summed E-state index contributed by atoms with van der Waals surface area (Å²) >= 11 is 0. The molecular formula is C27H30N2O4. The summed E-state index contributed by atoms with van der Waals surface area (Å²) in [5.41, 5.74) is 3.34. The second-order valence-corrected chi connectivity index (χ2v) is 9.16. The van der Waals surface area contributed by atoms with Gasteiger partial charge >= 0.3 is 0 Å². The van der Waals surface area contributed by atoms with Crippen molar-refractivity contribution >= 4 is 24.0 Å². The molecule has 6 nitrogen and oxygen atoms in total. The van der Waals surface area contributed by atoms with Gasteiger partial charge in [0.25, 0.3) is 0 Å². The fourth-order valence-corrected chi connectivity index (χ4v) is 5.46. The van der Waals surface area contributed by atoms with Crippen LogP contribution in [0.5, 0.6) is 0 Å². The van der Waals surface area contributed by atoms with Crippen LogP contribution in [0.1, 0.15) is 35.4 Å². The highest BCUT2D eigenvalue weighted by Crippen LogP contribution is 2.43. The summed E-state index contributed by atoms with van der Waals surface area (Å²) in [7, 11) is 0. The second-order valence-electron chi connectivity index (χ2n) is 9.16. The van der Waals surface area contributed by atoms with E-state index in [1.807, 2.05) is 18.2 Å². The Morgan fingerprint density at radius 2 is 1.67 bits per heavy atom. The zero-order valence-electron chi connectivity index (χ0n) is 18.7. The molecule has 2 amide bonds. The monoisotopic (exact) mass is 446 g/mol. The molecule has 3 aliphatic heterocycles. The summed E-state index contributed by atoms with van der Waals surface area (Å²) in [6, 6.07) is 18.1. The van der Waals surface area contributed by atoms with E-state index in [2.05, 4.69) is 48.6 Å². The number of fused-ring (bicyclic) bond motifs is 1. The molecule has 1 N–H and O–H groups in total. The molecule has 0 bridgehead atoms. The van der Waals surface area contributed by atoms with Crippen LogP contribution in [0.3, 0.4) is 0 Å². The Balaban J connectivity index is 1.30. The van der Waals surface area contributed by atoms with Crippen LogP contribution in [0.25, 0.3) is 12.2 Å². The van der Waals surface area contributed by atoms with Gasteiger partial charge in [-0.1, -0.05) is 66.7 Å². The summed E-state index contributed by atoms with van der Waals surface area (Å²) in [4.78, 5) is 29.4. The lowest BCUT2D eigenvalue weighted by Crippen LogP contribution is -2.73. The maximum absolute atomic E-state index is 13.0. The molecule has 3 heterocycles. The van der Waals surface area contributed by atoms with Crippen LogP contribution in [0.2, 0.25) is 0 Å². The van der Waals surface area contributed by atoms with Gasteiger partial charge in [-0.3, -0.25) is 9.59 Å². The Morgan fingerprint density at radius 3 is 2.33 bits per heavy atom. The van der Waals surface area contributed by atoms with Crippen LogP contribution < -0.4 is 0 Å². The highest BCUT2D eigenvalue weighted by Gasteiger charge is 2.54. The van der Waals surface area contributed by atoms with Gasteiger partial charge in [-0.05, 0) is 29.5 Å². The topological polar surface area (TPSA) is 70.1 Å². The third-order valence-electron chi connectivity index (χ3n) is 7.22. The molecule has 172 valence electrons. The van der Waals surface area contributed by atoms with Gasteiger partial charge in [0.2, 0.25) is 11.8 Å². The van der Waals surface area contributed by atoms with Gasteiger partial charge in [-0.25, -0.2) is 0 Å². The molecule has 3 atom stereocenters. The first-order valence-corrected chi connectivity index (χ1v) is 11.8. The van der Waals surface area contributed by atoms with Gasteiger partial charge in [0.1, 0.15) is 0 Å². The normalized spacial score (nSPS) is 25.7. The largest absolute Gasteiger partial charge is 0.394 e. The Kier molecular flexibility index (Phi) is 6.29. The third kappa shape index (κ3) is 4.33. The lowest BCUT2D eigenvalue weighted by Gasteiger charge is -2.59. The van der Waals surface area contributed by atoms with Crippen molar-refractivity contribution in [1.82, 2.24) is 9.80 Å². The Morgan fingerprint density at radius 1 is 1.00 bits per heavy atom. The number of aliphatic hydroxyl groups excluding tert-OH is 1. The highest BCUT2D eigenvalue weighted by atomic mass is 16.5. The zero-order chi connectivity index (χ0) is 22.8. The SMILES string of the molecule is O=C(C1CCOCC1)N1CC(=O)N2[C@H](CO)[C@H](c3ccc(/C=C/c4ccccc4)cc3)[C@H]2C1. The van der Waals surface area contributed by atoms with Crippen LogP contribution in [-0.4, -0.2) is 71.7 Å². The fourth-order valence-electron chi connectivity index (χ4n) is 5.46. The van der Waals surface area contributed by atoms with Crippen molar-refractivity contribution in [2.75, 3.05) is 32.9 Å². The number of ether oxygens (including phenoxy) is 1. The van der Waals surface area contributed by atoms with Crippen molar-refractivity contribution in [1.29, 1.82) is 0 Å². The van der Waals surface area contributed by atoms with E-state index in [-0.39, 0.29) is 48.9 Å². The summed E-state index contributed by atoms with van der Waals surface area (Å²) < 4.78 is 5.38. The maximum atomic E-state index is 13.0. The van der Waals surface area contributed by atoms with Crippen molar-refractivity contribution in [2.45, 2.75) is 30.8 Å². The van der Waals surface area contributed by atoms with Gasteiger partial charge in [-0.15, -0.1) is 0 Å². The number of carbonyl (C=O) groups excluding carboxylic acids is 2. The molecule has 0 unspecified atom stereocenters. The maximum Gasteiger partial charge on any atom is 0.242 e. The van der Waals surface area contributed by atoms with Gasteiger partial charge in [0.15, 0.2) is 0 Å². The van der Waals surface area contributed by atoms with Crippen LogP contribution in [0.4, 0.5) is 0 Å². The van der Waals surface area contributed by atoms with Crippen molar-refractivity contribution in [3.63, 3.8) is 0 Å². The molecule has 0 aliphatic carbocycles. The molecule has 2 aromatic rings. The first kappa shape index (κ1) is 21.9. The Bertz CT molecular complexity index is 1010. The molecule has 33 heavy (non-hydrogen) atoms. The standard InChI is InChI=1S/C27H30N2O4/c30-18-24-26(21-10-8-20(9-11-21)7-6-19-4-2-1-3-5-19)23-16-28(17-25(31)29(23)24)27(32)22-12-14-33-15-13-22/h1-11,22-24,26,30H,12-18H2/b7-6+/t23-,24-,26-/m1/s1. The predicted molar refractivity (Wildman–Crippen MR) is 126 cm³/mol. The van der Waals surface area contributed by atoms with Crippen LogP contribution >= 0.6 is 0 Å². The average Bonchev–Trinajstić information content (AvgIpc) is 2.85. The van der Waals surface area contributed by atoms with E-state index in [9.17, 15) is 14.7 Å². The number of amides is 2. The van der Waals surface area contributed by atoms with Crippen molar-refractivity contribution in [2.24, 2.45) is 5.92 Å². The zero-order valence-corrected chi connectivity index (χ0v) is 18.7. The number of nitrogens with zero attached hydrogens (tertiary/aromatic N) is 2. The lowest BCUT2D eigenvalue weighted by molar-refractivity contribution is -0.169. The number of carbonyl (C=O) groups is 2. The second kappa shape index (κ2) is 9.49. The number of hydrogen-bond donors (Lipinski definition) is 1. The van der Waals surface area contributed by atoms with Crippen molar-refractivity contribution in [3.05, 3.63) is 71.3 Å². The number of hydrogen-bond acceptors (Lipinski definition) is 4. The minimum atomic E-state index is -0.228. The summed E-state index contributed by atoms with van der Waals surface area (Å²) in [6.07, 6.45) is 5.60.